The minimum Gasteiger partial charge on any atom is -0.290 e. The number of carbonyl (C=O) groups excluding carboxylic acids is 2. The van der Waals surface area contributed by atoms with Crippen molar-refractivity contribution in [1.29, 1.82) is 0 Å². The van der Waals surface area contributed by atoms with Crippen molar-refractivity contribution >= 4 is 11.6 Å². The van der Waals surface area contributed by atoms with Crippen molar-refractivity contribution in [2.45, 2.75) is 20.6 Å². The van der Waals surface area contributed by atoms with Crippen molar-refractivity contribution in [3.05, 3.63) is 22.8 Å². The Morgan fingerprint density at radius 1 is 1.27 bits per heavy atom. The molecule has 58 valence electrons. The zero-order valence-corrected chi connectivity index (χ0v) is 5.32. The average Bonchev–Trinajstić information content (AvgIpc) is 2.17. The fourth-order valence-corrected chi connectivity index (χ4v) is 0.585. The Balaban J connectivity index is 3.78. The molecule has 0 unspecified atom stereocenters. The number of carbonyl (C=O) groups is 2. The molecule has 0 N–H and O–H groups in total. The van der Waals surface area contributed by atoms with Gasteiger partial charge in [-0.25, -0.2) is 0 Å². The SMILES string of the molecule is [2H]C1=C(C([2H])([2H])[2H])C(=O)C(C([2H])([2H])[2H])=C(C([2H])([2H])[2H])C1=O. The molecule has 2 nitrogen and oxygen atoms in total. The van der Waals surface area contributed by atoms with Crippen LogP contribution in [-0.4, -0.2) is 11.6 Å². The summed E-state index contributed by atoms with van der Waals surface area (Å²) < 4.78 is 71.9. The lowest BCUT2D eigenvalue weighted by Gasteiger charge is -2.09. The van der Waals surface area contributed by atoms with Gasteiger partial charge in [0.25, 0.3) is 0 Å². The lowest BCUT2D eigenvalue weighted by molar-refractivity contribution is -0.115. The van der Waals surface area contributed by atoms with E-state index in [1.54, 1.807) is 0 Å². The van der Waals surface area contributed by atoms with Crippen molar-refractivity contribution in [3.8, 4) is 0 Å². The number of rotatable bonds is 0. The van der Waals surface area contributed by atoms with Crippen LogP contribution in [0.5, 0.6) is 0 Å². The van der Waals surface area contributed by atoms with E-state index in [1.807, 2.05) is 0 Å². The quantitative estimate of drug-likeness (QED) is 0.502. The monoisotopic (exact) mass is 160 g/mol. The highest BCUT2D eigenvalue weighted by molar-refractivity contribution is 6.21. The van der Waals surface area contributed by atoms with Crippen LogP contribution in [0.2, 0.25) is 0 Å². The van der Waals surface area contributed by atoms with Crippen molar-refractivity contribution in [3.63, 3.8) is 0 Å². The predicted molar refractivity (Wildman–Crippen MR) is 42.1 cm³/mol. The van der Waals surface area contributed by atoms with Gasteiger partial charge in [-0.15, -0.1) is 0 Å². The van der Waals surface area contributed by atoms with Crippen LogP contribution in [0.3, 0.4) is 0 Å². The molecule has 0 amide bonds. The smallest absolute Gasteiger partial charge is 0.184 e. The second kappa shape index (κ2) is 2.46. The van der Waals surface area contributed by atoms with Gasteiger partial charge in [0.2, 0.25) is 0 Å². The maximum Gasteiger partial charge on any atom is 0.184 e. The number of ketones is 2. The van der Waals surface area contributed by atoms with E-state index < -0.39 is 54.9 Å². The van der Waals surface area contributed by atoms with E-state index in [2.05, 4.69) is 0 Å². The first kappa shape index (κ1) is 1.94. The Hall–Kier alpha value is -1.18. The van der Waals surface area contributed by atoms with E-state index in [0.717, 1.165) is 0 Å². The average molecular weight is 160 g/mol. The van der Waals surface area contributed by atoms with Gasteiger partial charge in [-0.05, 0) is 26.6 Å². The summed E-state index contributed by atoms with van der Waals surface area (Å²) in [5, 5.41) is 0. The third-order valence-electron chi connectivity index (χ3n) is 1.17. The third kappa shape index (κ3) is 1.16. The van der Waals surface area contributed by atoms with E-state index >= 15 is 0 Å². The van der Waals surface area contributed by atoms with E-state index in [4.69, 9.17) is 13.7 Å². The summed E-state index contributed by atoms with van der Waals surface area (Å²) in [6.07, 6.45) is 0. The summed E-state index contributed by atoms with van der Waals surface area (Å²) in [6.45, 7) is -9.72. The van der Waals surface area contributed by atoms with Crippen LogP contribution in [0.4, 0.5) is 0 Å². The van der Waals surface area contributed by atoms with Gasteiger partial charge in [-0.1, -0.05) is 0 Å². The first-order valence-electron chi connectivity index (χ1n) is 7.66. The molecule has 1 aliphatic rings. The standard InChI is InChI=1S/C9H10O2/c1-5-4-8(10)6(2)7(3)9(5)11/h4H,1-3H3/i1D3,2D3,3D3,4D. The second-order valence-electron chi connectivity index (χ2n) is 1.91. The van der Waals surface area contributed by atoms with Crippen molar-refractivity contribution in [2.75, 3.05) is 0 Å². The lowest BCUT2D eigenvalue weighted by Crippen LogP contribution is -2.14. The number of Topliss-reactive ketones (excluding diaryl/α,β-unsaturated/α-hetero) is 1. The zero-order chi connectivity index (χ0) is 17.0. The fourth-order valence-electron chi connectivity index (χ4n) is 0.585. The van der Waals surface area contributed by atoms with Crippen LogP contribution in [0, 0.1) is 0 Å². The highest BCUT2D eigenvalue weighted by Crippen LogP contribution is 2.17. The molecule has 2 heteroatoms. The molecule has 11 heavy (non-hydrogen) atoms. The van der Waals surface area contributed by atoms with Crippen LogP contribution in [0.1, 0.15) is 34.3 Å². The zero-order valence-electron chi connectivity index (χ0n) is 15.3. The van der Waals surface area contributed by atoms with Crippen LogP contribution >= 0.6 is 0 Å². The molecule has 0 aromatic heterocycles. The molecule has 0 aromatic rings. The summed E-state index contributed by atoms with van der Waals surface area (Å²) in [5.74, 6) is -3.20. The maximum atomic E-state index is 12.1. The Kier molecular flexibility index (Phi) is 0.434. The molecule has 0 aliphatic heterocycles. The molecular formula is C9H10O2. The highest BCUT2D eigenvalue weighted by Gasteiger charge is 2.19. The number of hydrogen-bond donors (Lipinski definition) is 0. The summed E-state index contributed by atoms with van der Waals surface area (Å²) in [5.41, 5.74) is -3.94. The minimum absolute atomic E-state index is 1.27. The van der Waals surface area contributed by atoms with Gasteiger partial charge in [-0.2, -0.15) is 0 Å². The largest absolute Gasteiger partial charge is 0.290 e. The van der Waals surface area contributed by atoms with Crippen LogP contribution in [0.15, 0.2) is 22.8 Å². The Morgan fingerprint density at radius 3 is 2.55 bits per heavy atom. The maximum absolute atomic E-state index is 12.1. The van der Waals surface area contributed by atoms with Gasteiger partial charge < -0.3 is 0 Å². The van der Waals surface area contributed by atoms with Gasteiger partial charge in [0.1, 0.15) is 0 Å². The van der Waals surface area contributed by atoms with Gasteiger partial charge in [0.05, 0.1) is 1.37 Å². The summed E-state index contributed by atoms with van der Waals surface area (Å²) in [7, 11) is 0. The minimum atomic E-state index is -3.28. The molecule has 0 radical (unpaired) electrons. The van der Waals surface area contributed by atoms with Crippen molar-refractivity contribution in [2.24, 2.45) is 0 Å². The van der Waals surface area contributed by atoms with Crippen molar-refractivity contribution in [1.82, 2.24) is 0 Å². The number of allylic oxidation sites excluding steroid dienone is 4. The second-order valence-corrected chi connectivity index (χ2v) is 1.91. The van der Waals surface area contributed by atoms with Gasteiger partial charge in [-0.3, -0.25) is 9.59 Å². The lowest BCUT2D eigenvalue weighted by atomic mass is 9.92. The molecule has 1 aliphatic carbocycles. The van der Waals surface area contributed by atoms with E-state index in [1.165, 1.54) is 0 Å². The third-order valence-corrected chi connectivity index (χ3v) is 1.17. The molecule has 0 fully saturated rings. The Labute approximate surface area is 79.6 Å². The summed E-state index contributed by atoms with van der Waals surface area (Å²) >= 11 is 0. The molecule has 0 bridgehead atoms. The first-order valence-corrected chi connectivity index (χ1v) is 2.66. The fraction of sp³-hybridized carbons (Fsp3) is 0.333. The van der Waals surface area contributed by atoms with Gasteiger partial charge >= 0.3 is 0 Å². The van der Waals surface area contributed by atoms with Crippen LogP contribution in [0.25, 0.3) is 0 Å². The molecule has 1 rings (SSSR count). The molecule has 0 heterocycles. The Morgan fingerprint density at radius 2 is 2.00 bits per heavy atom. The van der Waals surface area contributed by atoms with E-state index in [0.29, 0.717) is 0 Å². The molecule has 0 saturated carbocycles. The van der Waals surface area contributed by atoms with Gasteiger partial charge in [0.15, 0.2) is 11.6 Å². The summed E-state index contributed by atoms with van der Waals surface area (Å²) in [4.78, 5) is 24.0. The van der Waals surface area contributed by atoms with Crippen molar-refractivity contribution < 1.29 is 23.3 Å². The first-order chi connectivity index (χ1) is 9.10. The highest BCUT2D eigenvalue weighted by atomic mass is 16.1. The van der Waals surface area contributed by atoms with Crippen LogP contribution in [-0.2, 0) is 9.59 Å². The molecule has 0 atom stereocenters. The normalized spacial score (nSPS) is 36.7. The molecule has 0 aromatic carbocycles. The molecule has 0 spiro atoms. The molecular weight excluding hydrogens is 140 g/mol. The topological polar surface area (TPSA) is 34.1 Å². The van der Waals surface area contributed by atoms with Crippen LogP contribution < -0.4 is 0 Å². The Bertz CT molecular complexity index is 569. The van der Waals surface area contributed by atoms with E-state index in [9.17, 15) is 9.59 Å². The predicted octanol–water partition coefficient (Wildman–Crippen LogP) is 1.42. The summed E-state index contributed by atoms with van der Waals surface area (Å²) in [6, 6.07) is -1.31. The number of hydrogen-bond acceptors (Lipinski definition) is 2. The van der Waals surface area contributed by atoms with Gasteiger partial charge in [0, 0.05) is 29.1 Å². The molecule has 0 saturated heterocycles. The van der Waals surface area contributed by atoms with E-state index in [-0.39, 0.29) is 0 Å².